The highest BCUT2D eigenvalue weighted by Gasteiger charge is 2.46. The molecule has 1 heterocycles. The summed E-state index contributed by atoms with van der Waals surface area (Å²) in [5.74, 6) is -0.500. The molecule has 4 rings (SSSR count). The van der Waals surface area contributed by atoms with Gasteiger partial charge in [0, 0.05) is 52.9 Å². The molecule has 0 saturated heterocycles. The van der Waals surface area contributed by atoms with Crippen molar-refractivity contribution in [1.29, 1.82) is 0 Å². The van der Waals surface area contributed by atoms with E-state index in [9.17, 15) is 19.7 Å². The molecule has 6 nitrogen and oxygen atoms in total. The Hall–Kier alpha value is -2.76. The predicted octanol–water partition coefficient (Wildman–Crippen LogP) is 4.88. The smallest absolute Gasteiger partial charge is 0.272 e. The van der Waals surface area contributed by atoms with Crippen LogP contribution in [-0.2, 0) is 9.59 Å². The van der Waals surface area contributed by atoms with Crippen LogP contribution in [0.1, 0.15) is 70.4 Å². The van der Waals surface area contributed by atoms with E-state index in [1.807, 2.05) is 6.07 Å². The highest BCUT2D eigenvalue weighted by Crippen LogP contribution is 2.51. The zero-order valence-electron chi connectivity index (χ0n) is 18.2. The van der Waals surface area contributed by atoms with Gasteiger partial charge in [-0.1, -0.05) is 39.8 Å². The zero-order valence-corrected chi connectivity index (χ0v) is 18.2. The van der Waals surface area contributed by atoms with Gasteiger partial charge in [-0.15, -0.1) is 0 Å². The van der Waals surface area contributed by atoms with Crippen LogP contribution >= 0.6 is 0 Å². The highest BCUT2D eigenvalue weighted by atomic mass is 16.6. The third kappa shape index (κ3) is 3.38. The number of benzene rings is 1. The maximum atomic E-state index is 13.3. The van der Waals surface area contributed by atoms with Crippen LogP contribution in [0.25, 0.3) is 0 Å². The first kappa shape index (κ1) is 20.5. The lowest BCUT2D eigenvalue weighted by atomic mass is 9.64. The van der Waals surface area contributed by atoms with E-state index in [0.29, 0.717) is 48.0 Å². The van der Waals surface area contributed by atoms with Crippen molar-refractivity contribution in [2.75, 3.05) is 0 Å². The van der Waals surface area contributed by atoms with Crippen molar-refractivity contribution < 1.29 is 14.5 Å². The summed E-state index contributed by atoms with van der Waals surface area (Å²) in [7, 11) is 0. The number of nitro groups is 1. The van der Waals surface area contributed by atoms with E-state index >= 15 is 0 Å². The number of nitrogens with one attached hydrogen (secondary N) is 1. The fraction of sp³-hybridized carbons (Fsp3) is 0.500. The highest BCUT2D eigenvalue weighted by molar-refractivity contribution is 6.06. The number of carbonyl (C=O) groups excluding carboxylic acids is 2. The Kier molecular flexibility index (Phi) is 4.53. The number of Topliss-reactive ketones (excluding diaryl/α,β-unsaturated/α-hetero) is 2. The Morgan fingerprint density at radius 1 is 0.933 bits per heavy atom. The number of nitrogens with zero attached hydrogens (tertiary/aromatic N) is 1. The van der Waals surface area contributed by atoms with Crippen molar-refractivity contribution in [2.45, 2.75) is 66.2 Å². The molecule has 2 aliphatic carbocycles. The number of hydrogen-bond acceptors (Lipinski definition) is 5. The fourth-order valence-corrected chi connectivity index (χ4v) is 5.22. The Bertz CT molecular complexity index is 1010. The van der Waals surface area contributed by atoms with Gasteiger partial charge in [0.25, 0.3) is 5.69 Å². The van der Waals surface area contributed by atoms with E-state index in [4.69, 9.17) is 0 Å². The minimum absolute atomic E-state index is 0.0162. The van der Waals surface area contributed by atoms with E-state index in [1.54, 1.807) is 19.1 Å². The van der Waals surface area contributed by atoms with E-state index in [1.165, 1.54) is 0 Å². The molecular weight excluding hydrogens is 380 g/mol. The number of carbonyl (C=O) groups is 2. The van der Waals surface area contributed by atoms with Crippen LogP contribution < -0.4 is 5.32 Å². The minimum atomic E-state index is -0.539. The molecule has 0 saturated carbocycles. The van der Waals surface area contributed by atoms with Gasteiger partial charge < -0.3 is 5.32 Å². The normalized spacial score (nSPS) is 23.1. The molecule has 1 aliphatic heterocycles. The SMILES string of the molecule is Cc1ccc(C2C3=C(CC(C)(C)CC3=O)NC3=C2C(=O)CC(C)(C)C3)cc1[N+](=O)[O-]. The Labute approximate surface area is 176 Å². The first-order valence-corrected chi connectivity index (χ1v) is 10.4. The van der Waals surface area contributed by atoms with Crippen LogP contribution in [0.15, 0.2) is 40.7 Å². The number of rotatable bonds is 2. The maximum absolute atomic E-state index is 13.3. The molecular formula is C24H28N2O4. The van der Waals surface area contributed by atoms with Gasteiger partial charge in [-0.3, -0.25) is 19.7 Å². The van der Waals surface area contributed by atoms with Crippen LogP contribution in [0.4, 0.5) is 5.69 Å². The van der Waals surface area contributed by atoms with Crippen LogP contribution in [0.3, 0.4) is 0 Å². The number of dihydropyridines is 1. The number of hydrogen-bond donors (Lipinski definition) is 1. The average molecular weight is 408 g/mol. The van der Waals surface area contributed by atoms with Crippen molar-refractivity contribution in [1.82, 2.24) is 5.32 Å². The maximum Gasteiger partial charge on any atom is 0.272 e. The van der Waals surface area contributed by atoms with Crippen molar-refractivity contribution >= 4 is 17.3 Å². The fourth-order valence-electron chi connectivity index (χ4n) is 5.22. The van der Waals surface area contributed by atoms with E-state index < -0.39 is 10.8 Å². The molecule has 0 spiro atoms. The van der Waals surface area contributed by atoms with Gasteiger partial charge in [-0.05, 0) is 36.2 Å². The van der Waals surface area contributed by atoms with Gasteiger partial charge in [0.1, 0.15) is 0 Å². The first-order chi connectivity index (χ1) is 13.9. The van der Waals surface area contributed by atoms with Gasteiger partial charge in [0.2, 0.25) is 0 Å². The van der Waals surface area contributed by atoms with Crippen molar-refractivity contribution in [2.24, 2.45) is 10.8 Å². The van der Waals surface area contributed by atoms with Crippen LogP contribution in [0.5, 0.6) is 0 Å². The molecule has 158 valence electrons. The number of aryl methyl sites for hydroxylation is 1. The quantitative estimate of drug-likeness (QED) is 0.557. The van der Waals surface area contributed by atoms with E-state index in [2.05, 4.69) is 33.0 Å². The lowest BCUT2D eigenvalue weighted by Gasteiger charge is -2.43. The lowest BCUT2D eigenvalue weighted by Crippen LogP contribution is -2.42. The third-order valence-corrected chi connectivity index (χ3v) is 6.48. The van der Waals surface area contributed by atoms with Gasteiger partial charge in [-0.25, -0.2) is 0 Å². The molecule has 0 aromatic heterocycles. The second-order valence-corrected chi connectivity index (χ2v) is 10.5. The second kappa shape index (κ2) is 6.62. The summed E-state index contributed by atoms with van der Waals surface area (Å²) < 4.78 is 0. The molecule has 6 heteroatoms. The molecule has 0 radical (unpaired) electrons. The number of nitro benzene ring substituents is 1. The van der Waals surface area contributed by atoms with Crippen molar-refractivity contribution in [3.05, 3.63) is 62.0 Å². The number of allylic oxidation sites excluding steroid dienone is 4. The summed E-state index contributed by atoms with van der Waals surface area (Å²) in [6.07, 6.45) is 2.23. The molecule has 0 unspecified atom stereocenters. The summed E-state index contributed by atoms with van der Waals surface area (Å²) in [6, 6.07) is 5.08. The summed E-state index contributed by atoms with van der Waals surface area (Å²) >= 11 is 0. The molecule has 0 amide bonds. The van der Waals surface area contributed by atoms with Crippen molar-refractivity contribution in [3.8, 4) is 0 Å². The minimum Gasteiger partial charge on any atom is -0.362 e. The molecule has 1 aromatic rings. The zero-order chi connectivity index (χ0) is 22.0. The first-order valence-electron chi connectivity index (χ1n) is 10.4. The van der Waals surface area contributed by atoms with E-state index in [0.717, 1.165) is 11.4 Å². The molecule has 30 heavy (non-hydrogen) atoms. The lowest BCUT2D eigenvalue weighted by molar-refractivity contribution is -0.385. The molecule has 1 N–H and O–H groups in total. The molecule has 0 atom stereocenters. The third-order valence-electron chi connectivity index (χ3n) is 6.48. The van der Waals surface area contributed by atoms with Gasteiger partial charge in [0.05, 0.1) is 4.92 Å². The summed E-state index contributed by atoms with van der Waals surface area (Å²) in [5, 5.41) is 15.0. The van der Waals surface area contributed by atoms with Crippen LogP contribution in [-0.4, -0.2) is 16.5 Å². The molecule has 3 aliphatic rings. The summed E-state index contributed by atoms with van der Waals surface area (Å²) in [6.45, 7) is 9.98. The Balaban J connectivity index is 1.94. The van der Waals surface area contributed by atoms with Gasteiger partial charge in [-0.2, -0.15) is 0 Å². The average Bonchev–Trinajstić information content (AvgIpc) is 2.57. The molecule has 1 aromatic carbocycles. The molecule has 0 fully saturated rings. The topological polar surface area (TPSA) is 89.3 Å². The van der Waals surface area contributed by atoms with E-state index in [-0.39, 0.29) is 28.1 Å². The predicted molar refractivity (Wildman–Crippen MR) is 114 cm³/mol. The van der Waals surface area contributed by atoms with Crippen LogP contribution in [0, 0.1) is 27.9 Å². The van der Waals surface area contributed by atoms with Gasteiger partial charge >= 0.3 is 0 Å². The standard InChI is InChI=1S/C24H28N2O4/c1-13-6-7-14(8-17(13)26(29)30)20-21-15(9-23(2,3)11-18(21)27)25-16-10-24(4,5)12-19(28)22(16)20/h6-8,20,25H,9-12H2,1-5H3. The monoisotopic (exact) mass is 408 g/mol. The second-order valence-electron chi connectivity index (χ2n) is 10.5. The Morgan fingerprint density at radius 2 is 1.43 bits per heavy atom. The summed E-state index contributed by atoms with van der Waals surface area (Å²) in [4.78, 5) is 37.7. The Morgan fingerprint density at radius 3 is 1.90 bits per heavy atom. The molecule has 0 bridgehead atoms. The van der Waals surface area contributed by atoms with Crippen molar-refractivity contribution in [3.63, 3.8) is 0 Å². The summed E-state index contributed by atoms with van der Waals surface area (Å²) in [5.41, 5.74) is 3.85. The number of ketones is 2. The van der Waals surface area contributed by atoms with Gasteiger partial charge in [0.15, 0.2) is 11.6 Å². The largest absolute Gasteiger partial charge is 0.362 e. The van der Waals surface area contributed by atoms with Crippen LogP contribution in [0.2, 0.25) is 0 Å².